The third-order valence-electron chi connectivity index (χ3n) is 4.23. The molecule has 0 aliphatic heterocycles. The van der Waals surface area contributed by atoms with E-state index < -0.39 is 5.54 Å². The molecule has 0 spiro atoms. The number of carbonyl (C=O) groups is 2. The largest absolute Gasteiger partial charge is 0.354 e. The lowest BCUT2D eigenvalue weighted by Crippen LogP contribution is -2.56. The second kappa shape index (κ2) is 7.62. The molecule has 3 N–H and O–H groups in total. The van der Waals surface area contributed by atoms with E-state index in [1.165, 1.54) is 0 Å². The van der Waals surface area contributed by atoms with E-state index in [1.807, 2.05) is 13.8 Å². The van der Waals surface area contributed by atoms with E-state index in [1.54, 1.807) is 4.90 Å². The molecule has 0 aromatic rings. The fourth-order valence-corrected chi connectivity index (χ4v) is 2.99. The van der Waals surface area contributed by atoms with E-state index >= 15 is 0 Å². The standard InChI is InChI=1S/C15H29N3O2/c1-4-18(5-2)13(19)8-10-17-14(20)15(16)9-6-7-12(3)11-15/h12H,4-11,16H2,1-3H3,(H,17,20). The number of rotatable bonds is 6. The number of nitrogens with two attached hydrogens (primary N) is 1. The lowest BCUT2D eigenvalue weighted by Gasteiger charge is -2.35. The lowest BCUT2D eigenvalue weighted by molar-refractivity contribution is -0.131. The van der Waals surface area contributed by atoms with E-state index in [-0.39, 0.29) is 11.8 Å². The van der Waals surface area contributed by atoms with E-state index in [0.29, 0.717) is 32.0 Å². The fraction of sp³-hybridized carbons (Fsp3) is 0.867. The topological polar surface area (TPSA) is 75.4 Å². The molecule has 1 saturated carbocycles. The van der Waals surface area contributed by atoms with Gasteiger partial charge in [-0.05, 0) is 32.6 Å². The van der Waals surface area contributed by atoms with Gasteiger partial charge in [-0.1, -0.05) is 19.8 Å². The highest BCUT2D eigenvalue weighted by Gasteiger charge is 2.37. The Kier molecular flexibility index (Phi) is 6.46. The first-order valence-corrected chi connectivity index (χ1v) is 7.78. The number of amides is 2. The number of carbonyl (C=O) groups excluding carboxylic acids is 2. The summed E-state index contributed by atoms with van der Waals surface area (Å²) in [6.07, 6.45) is 3.98. The molecule has 1 aliphatic rings. The highest BCUT2D eigenvalue weighted by Crippen LogP contribution is 2.30. The zero-order chi connectivity index (χ0) is 15.2. The first-order chi connectivity index (χ1) is 9.42. The maximum Gasteiger partial charge on any atom is 0.240 e. The smallest absolute Gasteiger partial charge is 0.240 e. The first-order valence-electron chi connectivity index (χ1n) is 7.78. The summed E-state index contributed by atoms with van der Waals surface area (Å²) in [5.41, 5.74) is 5.47. The van der Waals surface area contributed by atoms with Crippen molar-refractivity contribution < 1.29 is 9.59 Å². The summed E-state index contributed by atoms with van der Waals surface area (Å²) in [5, 5.41) is 2.84. The van der Waals surface area contributed by atoms with Crippen molar-refractivity contribution in [3.63, 3.8) is 0 Å². The van der Waals surface area contributed by atoms with Crippen LogP contribution in [0.5, 0.6) is 0 Å². The molecule has 0 aromatic heterocycles. The van der Waals surface area contributed by atoms with Gasteiger partial charge in [-0.25, -0.2) is 0 Å². The van der Waals surface area contributed by atoms with Gasteiger partial charge in [0.05, 0.1) is 5.54 Å². The Balaban J connectivity index is 2.38. The van der Waals surface area contributed by atoms with Crippen LogP contribution in [-0.2, 0) is 9.59 Å². The van der Waals surface area contributed by atoms with Gasteiger partial charge in [-0.2, -0.15) is 0 Å². The zero-order valence-electron chi connectivity index (χ0n) is 13.1. The van der Waals surface area contributed by atoms with E-state index in [4.69, 9.17) is 5.73 Å². The molecule has 0 heterocycles. The second-order valence-corrected chi connectivity index (χ2v) is 5.93. The van der Waals surface area contributed by atoms with E-state index in [2.05, 4.69) is 12.2 Å². The van der Waals surface area contributed by atoms with Crippen molar-refractivity contribution in [2.75, 3.05) is 19.6 Å². The predicted octanol–water partition coefficient (Wildman–Crippen LogP) is 1.27. The Bertz CT molecular complexity index is 342. The summed E-state index contributed by atoms with van der Waals surface area (Å²) in [5.74, 6) is 0.478. The molecule has 5 nitrogen and oxygen atoms in total. The number of nitrogens with zero attached hydrogens (tertiary/aromatic N) is 1. The molecule has 0 aromatic carbocycles. The maximum absolute atomic E-state index is 12.2. The van der Waals surface area contributed by atoms with Crippen LogP contribution in [0.4, 0.5) is 0 Å². The summed E-state index contributed by atoms with van der Waals surface area (Å²) >= 11 is 0. The van der Waals surface area contributed by atoms with Crippen molar-refractivity contribution in [1.82, 2.24) is 10.2 Å². The van der Waals surface area contributed by atoms with Crippen LogP contribution in [0.2, 0.25) is 0 Å². The number of hydrogen-bond acceptors (Lipinski definition) is 3. The van der Waals surface area contributed by atoms with Crippen LogP contribution in [0.15, 0.2) is 0 Å². The molecule has 2 atom stereocenters. The Hall–Kier alpha value is -1.10. The summed E-state index contributed by atoms with van der Waals surface area (Å²) in [4.78, 5) is 25.8. The highest BCUT2D eigenvalue weighted by molar-refractivity contribution is 5.86. The molecule has 1 aliphatic carbocycles. The maximum atomic E-state index is 12.2. The minimum Gasteiger partial charge on any atom is -0.354 e. The Labute approximate surface area is 122 Å². The lowest BCUT2D eigenvalue weighted by atomic mass is 9.76. The SMILES string of the molecule is CCN(CC)C(=O)CCNC(=O)C1(N)CCCC(C)C1. The van der Waals surface area contributed by atoms with Gasteiger partial charge in [-0.15, -0.1) is 0 Å². The molecule has 0 radical (unpaired) electrons. The molecule has 2 unspecified atom stereocenters. The predicted molar refractivity (Wildman–Crippen MR) is 80.1 cm³/mol. The molecule has 116 valence electrons. The molecule has 5 heteroatoms. The van der Waals surface area contributed by atoms with Gasteiger partial charge in [0.1, 0.15) is 0 Å². The molecule has 0 bridgehead atoms. The Morgan fingerprint density at radius 3 is 2.55 bits per heavy atom. The van der Waals surface area contributed by atoms with Crippen LogP contribution in [0.1, 0.15) is 52.9 Å². The third kappa shape index (κ3) is 4.47. The normalized spacial score (nSPS) is 26.1. The van der Waals surface area contributed by atoms with Crippen LogP contribution < -0.4 is 11.1 Å². The van der Waals surface area contributed by atoms with Crippen LogP contribution in [0, 0.1) is 5.92 Å². The van der Waals surface area contributed by atoms with Crippen molar-refractivity contribution in [2.45, 2.75) is 58.4 Å². The monoisotopic (exact) mass is 283 g/mol. The van der Waals surface area contributed by atoms with Crippen LogP contribution in [-0.4, -0.2) is 41.9 Å². The van der Waals surface area contributed by atoms with E-state index in [0.717, 1.165) is 25.7 Å². The van der Waals surface area contributed by atoms with Gasteiger partial charge >= 0.3 is 0 Å². The van der Waals surface area contributed by atoms with Gasteiger partial charge < -0.3 is 16.0 Å². The van der Waals surface area contributed by atoms with Gasteiger partial charge in [0.25, 0.3) is 0 Å². The Morgan fingerprint density at radius 2 is 2.00 bits per heavy atom. The third-order valence-corrected chi connectivity index (χ3v) is 4.23. The van der Waals surface area contributed by atoms with Gasteiger partial charge in [0, 0.05) is 26.1 Å². The van der Waals surface area contributed by atoms with Crippen molar-refractivity contribution in [3.8, 4) is 0 Å². The number of nitrogens with one attached hydrogen (secondary N) is 1. The molecule has 20 heavy (non-hydrogen) atoms. The second-order valence-electron chi connectivity index (χ2n) is 5.93. The first kappa shape index (κ1) is 17.0. The minimum atomic E-state index is -0.740. The summed E-state index contributed by atoms with van der Waals surface area (Å²) in [7, 11) is 0. The van der Waals surface area contributed by atoms with E-state index in [9.17, 15) is 9.59 Å². The highest BCUT2D eigenvalue weighted by atomic mass is 16.2. The van der Waals surface area contributed by atoms with Gasteiger partial charge in [-0.3, -0.25) is 9.59 Å². The van der Waals surface area contributed by atoms with Gasteiger partial charge in [0.15, 0.2) is 0 Å². The average molecular weight is 283 g/mol. The molecule has 1 fully saturated rings. The molecular weight excluding hydrogens is 254 g/mol. The summed E-state index contributed by atoms with van der Waals surface area (Å²) in [6, 6.07) is 0. The van der Waals surface area contributed by atoms with Crippen LogP contribution in [0.3, 0.4) is 0 Å². The average Bonchev–Trinajstić information content (AvgIpc) is 2.39. The summed E-state index contributed by atoms with van der Waals surface area (Å²) < 4.78 is 0. The van der Waals surface area contributed by atoms with Crippen molar-refractivity contribution in [1.29, 1.82) is 0 Å². The molecule has 2 amide bonds. The van der Waals surface area contributed by atoms with Crippen molar-refractivity contribution in [3.05, 3.63) is 0 Å². The fourth-order valence-electron chi connectivity index (χ4n) is 2.99. The van der Waals surface area contributed by atoms with Crippen molar-refractivity contribution >= 4 is 11.8 Å². The molecule has 0 saturated heterocycles. The van der Waals surface area contributed by atoms with Crippen molar-refractivity contribution in [2.24, 2.45) is 11.7 Å². The summed E-state index contributed by atoms with van der Waals surface area (Å²) in [6.45, 7) is 7.85. The zero-order valence-corrected chi connectivity index (χ0v) is 13.1. The quantitative estimate of drug-likeness (QED) is 0.771. The number of hydrogen-bond donors (Lipinski definition) is 2. The van der Waals surface area contributed by atoms with Gasteiger partial charge in [0.2, 0.25) is 11.8 Å². The molecular formula is C15H29N3O2. The molecule has 1 rings (SSSR count). The van der Waals surface area contributed by atoms with Crippen LogP contribution >= 0.6 is 0 Å². The van der Waals surface area contributed by atoms with Crippen LogP contribution in [0.25, 0.3) is 0 Å². The Morgan fingerprint density at radius 1 is 1.35 bits per heavy atom. The minimum absolute atomic E-state index is 0.0818.